The van der Waals surface area contributed by atoms with Crippen LogP contribution in [0.25, 0.3) is 0 Å². The fourth-order valence-corrected chi connectivity index (χ4v) is 3.40. The van der Waals surface area contributed by atoms with Crippen molar-refractivity contribution in [3.8, 4) is 0 Å². The lowest BCUT2D eigenvalue weighted by molar-refractivity contribution is -0.384. The number of rotatable bonds is 6. The molecule has 0 aromatic heterocycles. The molecule has 2 N–H and O–H groups in total. The zero-order valence-electron chi connectivity index (χ0n) is 14.6. The second-order valence-corrected chi connectivity index (χ2v) is 6.48. The number of hydrogen-bond acceptors (Lipinski definition) is 6. The van der Waals surface area contributed by atoms with Crippen LogP contribution in [0.4, 0.5) is 16.2 Å². The summed E-state index contributed by atoms with van der Waals surface area (Å²) in [4.78, 5) is 24.8. The van der Waals surface area contributed by atoms with Gasteiger partial charge in [0.25, 0.3) is 5.69 Å². The summed E-state index contributed by atoms with van der Waals surface area (Å²) in [5.41, 5.74) is 0.504. The first-order chi connectivity index (χ1) is 12.6. The quantitative estimate of drug-likeness (QED) is 0.585. The lowest BCUT2D eigenvalue weighted by Crippen LogP contribution is -2.52. The summed E-state index contributed by atoms with van der Waals surface area (Å²) in [6.45, 7) is 5.12. The van der Waals surface area contributed by atoms with E-state index in [9.17, 15) is 14.9 Å². The van der Waals surface area contributed by atoms with Crippen LogP contribution in [0.5, 0.6) is 0 Å². The molecule has 26 heavy (non-hydrogen) atoms. The van der Waals surface area contributed by atoms with Crippen LogP contribution in [0.2, 0.25) is 0 Å². The maximum absolute atomic E-state index is 12.2. The fraction of sp³-hybridized carbons (Fsp3) is 0.588. The monoisotopic (exact) mass is 364 g/mol. The highest BCUT2D eigenvalue weighted by atomic mass is 16.6. The average molecular weight is 364 g/mol. The number of hydrogen-bond donors (Lipinski definition) is 2. The van der Waals surface area contributed by atoms with Crippen molar-refractivity contribution in [2.24, 2.45) is 5.92 Å². The smallest absolute Gasteiger partial charge is 0.319 e. The largest absolute Gasteiger partial charge is 0.381 e. The minimum atomic E-state index is -0.472. The summed E-state index contributed by atoms with van der Waals surface area (Å²) < 4.78 is 10.9. The molecule has 1 aromatic carbocycles. The van der Waals surface area contributed by atoms with Gasteiger partial charge in [0, 0.05) is 56.0 Å². The minimum Gasteiger partial charge on any atom is -0.381 e. The van der Waals surface area contributed by atoms with Crippen molar-refractivity contribution in [1.29, 1.82) is 0 Å². The van der Waals surface area contributed by atoms with Crippen LogP contribution in [-0.2, 0) is 9.47 Å². The van der Waals surface area contributed by atoms with Crippen molar-refractivity contribution in [2.45, 2.75) is 12.5 Å². The molecular formula is C17H24N4O5. The van der Waals surface area contributed by atoms with E-state index < -0.39 is 4.92 Å². The Balaban J connectivity index is 1.53. The van der Waals surface area contributed by atoms with Crippen LogP contribution in [0.15, 0.2) is 24.3 Å². The summed E-state index contributed by atoms with van der Waals surface area (Å²) in [7, 11) is 0. The summed E-state index contributed by atoms with van der Waals surface area (Å²) in [5.74, 6) is 0.396. The van der Waals surface area contributed by atoms with E-state index in [1.54, 1.807) is 0 Å². The molecule has 0 unspecified atom stereocenters. The Labute approximate surface area is 151 Å². The van der Waals surface area contributed by atoms with E-state index >= 15 is 0 Å². The molecule has 2 amide bonds. The van der Waals surface area contributed by atoms with E-state index in [0.717, 1.165) is 26.1 Å². The van der Waals surface area contributed by atoms with Gasteiger partial charge in [-0.15, -0.1) is 0 Å². The summed E-state index contributed by atoms with van der Waals surface area (Å²) >= 11 is 0. The SMILES string of the molecule is O=C(NC[C@@H]([C@@H]1CCOC1)N1CCOCC1)Nc1ccc([N+](=O)[O-])cc1. The molecule has 142 valence electrons. The Kier molecular flexibility index (Phi) is 6.37. The highest BCUT2D eigenvalue weighted by molar-refractivity contribution is 5.89. The summed E-state index contributed by atoms with van der Waals surface area (Å²) in [6.07, 6.45) is 0.994. The average Bonchev–Trinajstić information content (AvgIpc) is 3.17. The Morgan fingerprint density at radius 1 is 1.23 bits per heavy atom. The molecule has 9 nitrogen and oxygen atoms in total. The zero-order valence-corrected chi connectivity index (χ0v) is 14.6. The van der Waals surface area contributed by atoms with Crippen LogP contribution in [0.1, 0.15) is 6.42 Å². The topological polar surface area (TPSA) is 106 Å². The Morgan fingerprint density at radius 2 is 1.96 bits per heavy atom. The van der Waals surface area contributed by atoms with Gasteiger partial charge >= 0.3 is 6.03 Å². The van der Waals surface area contributed by atoms with Crippen molar-refractivity contribution >= 4 is 17.4 Å². The van der Waals surface area contributed by atoms with Gasteiger partial charge in [-0.25, -0.2) is 4.79 Å². The van der Waals surface area contributed by atoms with Crippen molar-refractivity contribution < 1.29 is 19.2 Å². The van der Waals surface area contributed by atoms with E-state index in [1.165, 1.54) is 24.3 Å². The van der Waals surface area contributed by atoms with Crippen LogP contribution < -0.4 is 10.6 Å². The number of nitrogens with zero attached hydrogens (tertiary/aromatic N) is 2. The number of non-ortho nitro benzene ring substituents is 1. The van der Waals surface area contributed by atoms with Gasteiger partial charge in [0.05, 0.1) is 24.7 Å². The molecule has 9 heteroatoms. The minimum absolute atomic E-state index is 0.00965. The molecule has 2 saturated heterocycles. The number of carbonyl (C=O) groups is 1. The fourth-order valence-electron chi connectivity index (χ4n) is 3.40. The molecule has 0 bridgehead atoms. The second kappa shape index (κ2) is 8.93. The van der Waals surface area contributed by atoms with Gasteiger partial charge in [-0.1, -0.05) is 0 Å². The number of benzene rings is 1. The maximum atomic E-state index is 12.2. The van der Waals surface area contributed by atoms with Crippen LogP contribution in [0.3, 0.4) is 0 Å². The predicted octanol–water partition coefficient (Wildman–Crippen LogP) is 1.45. The first kappa shape index (κ1) is 18.6. The molecular weight excluding hydrogens is 340 g/mol. The number of nitro groups is 1. The van der Waals surface area contributed by atoms with Gasteiger partial charge < -0.3 is 20.1 Å². The molecule has 2 atom stereocenters. The highest BCUT2D eigenvalue weighted by Crippen LogP contribution is 2.22. The molecule has 2 aliphatic heterocycles. The van der Waals surface area contributed by atoms with Crippen molar-refractivity contribution in [3.05, 3.63) is 34.4 Å². The molecule has 0 radical (unpaired) electrons. The molecule has 0 spiro atoms. The van der Waals surface area contributed by atoms with Crippen molar-refractivity contribution in [2.75, 3.05) is 51.4 Å². The number of amides is 2. The standard InChI is InChI=1S/C17H24N4O5/c22-17(19-14-1-3-15(4-2-14)21(23)24)18-11-16(13-5-8-26-12-13)20-6-9-25-10-7-20/h1-4,13,16H,5-12H2,(H2,18,19,22)/t13-,16+/m1/s1. The van der Waals surface area contributed by atoms with E-state index in [4.69, 9.17) is 9.47 Å². The van der Waals surface area contributed by atoms with Crippen LogP contribution in [-0.4, -0.2) is 68.0 Å². The molecule has 0 aliphatic carbocycles. The molecule has 2 heterocycles. The third-order valence-corrected chi connectivity index (χ3v) is 4.83. The van der Waals surface area contributed by atoms with Gasteiger partial charge in [0.2, 0.25) is 0 Å². The molecule has 1 aromatic rings. The number of nitro benzene ring substituents is 1. The van der Waals surface area contributed by atoms with E-state index in [0.29, 0.717) is 38.0 Å². The first-order valence-electron chi connectivity index (χ1n) is 8.82. The van der Waals surface area contributed by atoms with E-state index in [2.05, 4.69) is 15.5 Å². The third kappa shape index (κ3) is 4.90. The van der Waals surface area contributed by atoms with Crippen molar-refractivity contribution in [1.82, 2.24) is 10.2 Å². The predicted molar refractivity (Wildman–Crippen MR) is 95.2 cm³/mol. The van der Waals surface area contributed by atoms with Crippen LogP contribution >= 0.6 is 0 Å². The lowest BCUT2D eigenvalue weighted by Gasteiger charge is -2.37. The van der Waals surface area contributed by atoms with Crippen LogP contribution in [0, 0.1) is 16.0 Å². The normalized spacial score (nSPS) is 21.9. The lowest BCUT2D eigenvalue weighted by atomic mass is 9.97. The van der Waals surface area contributed by atoms with Gasteiger partial charge in [0.1, 0.15) is 0 Å². The third-order valence-electron chi connectivity index (χ3n) is 4.83. The number of ether oxygens (including phenoxy) is 2. The zero-order chi connectivity index (χ0) is 18.4. The molecule has 2 fully saturated rings. The van der Waals surface area contributed by atoms with E-state index in [1.807, 2.05) is 0 Å². The van der Waals surface area contributed by atoms with Gasteiger partial charge in [-0.3, -0.25) is 15.0 Å². The maximum Gasteiger partial charge on any atom is 0.319 e. The molecule has 0 saturated carbocycles. The Bertz CT molecular complexity index is 612. The molecule has 3 rings (SSSR count). The van der Waals surface area contributed by atoms with Crippen molar-refractivity contribution in [3.63, 3.8) is 0 Å². The number of carbonyl (C=O) groups excluding carboxylic acids is 1. The second-order valence-electron chi connectivity index (χ2n) is 6.48. The first-order valence-corrected chi connectivity index (χ1v) is 8.82. The Hall–Kier alpha value is -2.23. The van der Waals surface area contributed by atoms with Gasteiger partial charge in [0.15, 0.2) is 0 Å². The summed E-state index contributed by atoms with van der Waals surface area (Å²) in [5, 5.41) is 16.3. The van der Waals surface area contributed by atoms with Gasteiger partial charge in [-0.2, -0.15) is 0 Å². The summed E-state index contributed by atoms with van der Waals surface area (Å²) in [6, 6.07) is 5.65. The number of nitrogens with one attached hydrogen (secondary N) is 2. The number of urea groups is 1. The molecule has 2 aliphatic rings. The number of anilines is 1. The van der Waals surface area contributed by atoms with E-state index in [-0.39, 0.29) is 17.8 Å². The Morgan fingerprint density at radius 3 is 2.58 bits per heavy atom. The van der Waals surface area contributed by atoms with Gasteiger partial charge in [-0.05, 0) is 18.6 Å². The number of morpholine rings is 1. The highest BCUT2D eigenvalue weighted by Gasteiger charge is 2.31.